The highest BCUT2D eigenvalue weighted by Crippen LogP contribution is 1.86. The topological polar surface area (TPSA) is 51.2 Å². The van der Waals surface area contributed by atoms with Crippen molar-refractivity contribution in [2.45, 2.75) is 6.42 Å². The average Bonchev–Trinajstić information content (AvgIpc) is 2.01. The minimum absolute atomic E-state index is 0.156. The third kappa shape index (κ3) is 6.37. The van der Waals surface area contributed by atoms with Crippen LogP contribution in [0.15, 0.2) is 24.3 Å². The first-order chi connectivity index (χ1) is 5.31. The van der Waals surface area contributed by atoms with Crippen LogP contribution in [0, 0.1) is 0 Å². The quantitative estimate of drug-likeness (QED) is 0.424. The van der Waals surface area contributed by atoms with Crippen molar-refractivity contribution in [1.29, 1.82) is 0 Å². The van der Waals surface area contributed by atoms with Gasteiger partial charge in [0.1, 0.15) is 12.6 Å². The molecule has 0 heterocycles. The van der Waals surface area contributed by atoms with E-state index >= 15 is 0 Å². The van der Waals surface area contributed by atoms with Crippen molar-refractivity contribution in [2.24, 2.45) is 0 Å². The number of aldehydes is 2. The first-order valence-electron chi connectivity index (χ1n) is 3.06. The Labute approximate surface area is 64.4 Å². The Hall–Kier alpha value is -1.51. The third-order valence-electron chi connectivity index (χ3n) is 0.894. The maximum atomic E-state index is 10.7. The van der Waals surface area contributed by atoms with Gasteiger partial charge in [-0.25, -0.2) is 0 Å². The molecule has 0 saturated heterocycles. The number of rotatable bonds is 5. The first kappa shape index (κ1) is 9.49. The minimum Gasteiger partial charge on any atom is -0.299 e. The Balaban J connectivity index is 3.69. The number of carbonyl (C=O) groups excluding carboxylic acids is 3. The fourth-order valence-electron chi connectivity index (χ4n) is 0.454. The number of hydrogen-bond donors (Lipinski definition) is 0. The van der Waals surface area contributed by atoms with E-state index in [0.29, 0.717) is 12.6 Å². The lowest BCUT2D eigenvalue weighted by Crippen LogP contribution is -1.88. The molecule has 0 saturated carbocycles. The molecule has 0 aromatic rings. The molecular weight excluding hydrogens is 144 g/mol. The second-order valence-electron chi connectivity index (χ2n) is 1.73. The molecule has 0 amide bonds. The summed E-state index contributed by atoms with van der Waals surface area (Å²) >= 11 is 0. The second-order valence-corrected chi connectivity index (χ2v) is 1.73. The van der Waals surface area contributed by atoms with Crippen LogP contribution >= 0.6 is 0 Å². The predicted molar refractivity (Wildman–Crippen MR) is 40.0 cm³/mol. The normalized spacial score (nSPS) is 10.5. The summed E-state index contributed by atoms with van der Waals surface area (Å²) in [5.74, 6) is -0.199. The van der Waals surface area contributed by atoms with E-state index in [-0.39, 0.29) is 12.2 Å². The Bertz CT molecular complexity index is 201. The molecule has 3 heteroatoms. The van der Waals surface area contributed by atoms with Crippen LogP contribution in [0.3, 0.4) is 0 Å². The van der Waals surface area contributed by atoms with E-state index in [4.69, 9.17) is 0 Å². The molecule has 0 radical (unpaired) electrons. The molecule has 58 valence electrons. The average molecular weight is 152 g/mol. The zero-order valence-corrected chi connectivity index (χ0v) is 5.90. The molecular formula is C8H8O3. The zero-order chi connectivity index (χ0) is 8.53. The molecule has 0 atom stereocenters. The van der Waals surface area contributed by atoms with E-state index in [1.54, 1.807) is 0 Å². The van der Waals surface area contributed by atoms with Crippen LogP contribution < -0.4 is 0 Å². The van der Waals surface area contributed by atoms with Crippen molar-refractivity contribution in [3.63, 3.8) is 0 Å². The summed E-state index contributed by atoms with van der Waals surface area (Å²) in [6.45, 7) is 0. The van der Waals surface area contributed by atoms with E-state index in [2.05, 4.69) is 0 Å². The third-order valence-corrected chi connectivity index (χ3v) is 0.894. The van der Waals surface area contributed by atoms with Gasteiger partial charge in [-0.05, 0) is 18.2 Å². The van der Waals surface area contributed by atoms with Gasteiger partial charge >= 0.3 is 0 Å². The van der Waals surface area contributed by atoms with Gasteiger partial charge < -0.3 is 0 Å². The SMILES string of the molecule is O=CC=CCC(=O)C=CC=O. The van der Waals surface area contributed by atoms with E-state index in [1.807, 2.05) is 0 Å². The van der Waals surface area contributed by atoms with E-state index in [9.17, 15) is 14.4 Å². The highest BCUT2D eigenvalue weighted by atomic mass is 16.1. The van der Waals surface area contributed by atoms with Crippen LogP contribution in [0.4, 0.5) is 0 Å². The molecule has 0 aliphatic rings. The van der Waals surface area contributed by atoms with Gasteiger partial charge in [-0.2, -0.15) is 0 Å². The van der Waals surface area contributed by atoms with Gasteiger partial charge in [0.05, 0.1) is 0 Å². The molecule has 0 bridgehead atoms. The predicted octanol–water partition coefficient (Wildman–Crippen LogP) is 0.456. The van der Waals surface area contributed by atoms with Crippen LogP contribution in [0.1, 0.15) is 6.42 Å². The van der Waals surface area contributed by atoms with Crippen LogP contribution in [-0.2, 0) is 14.4 Å². The summed E-state index contributed by atoms with van der Waals surface area (Å²) in [5.41, 5.74) is 0. The monoisotopic (exact) mass is 152 g/mol. The molecule has 0 unspecified atom stereocenters. The molecule has 11 heavy (non-hydrogen) atoms. The Morgan fingerprint density at radius 1 is 1.09 bits per heavy atom. The van der Waals surface area contributed by atoms with Crippen LogP contribution in [0.5, 0.6) is 0 Å². The molecule has 0 aromatic heterocycles. The molecule has 0 aromatic carbocycles. The van der Waals surface area contributed by atoms with E-state index in [1.165, 1.54) is 18.2 Å². The van der Waals surface area contributed by atoms with Gasteiger partial charge in [0, 0.05) is 6.42 Å². The second kappa shape index (κ2) is 6.61. The van der Waals surface area contributed by atoms with Crippen molar-refractivity contribution < 1.29 is 14.4 Å². The maximum Gasteiger partial charge on any atom is 0.159 e. The number of allylic oxidation sites excluding steroid dienone is 4. The molecule has 0 fully saturated rings. The largest absolute Gasteiger partial charge is 0.299 e. The molecule has 0 rings (SSSR count). The lowest BCUT2D eigenvalue weighted by molar-refractivity contribution is -0.114. The van der Waals surface area contributed by atoms with Crippen LogP contribution in [0.25, 0.3) is 0 Å². The van der Waals surface area contributed by atoms with Crippen molar-refractivity contribution >= 4 is 18.4 Å². The highest BCUT2D eigenvalue weighted by molar-refractivity contribution is 5.93. The molecule has 0 spiro atoms. The summed E-state index contributed by atoms with van der Waals surface area (Å²) in [4.78, 5) is 30.1. The summed E-state index contributed by atoms with van der Waals surface area (Å²) in [5, 5.41) is 0. The van der Waals surface area contributed by atoms with Gasteiger partial charge in [0.2, 0.25) is 0 Å². The zero-order valence-electron chi connectivity index (χ0n) is 5.90. The van der Waals surface area contributed by atoms with Crippen molar-refractivity contribution in [1.82, 2.24) is 0 Å². The number of ketones is 1. The van der Waals surface area contributed by atoms with Crippen LogP contribution in [0.2, 0.25) is 0 Å². The highest BCUT2D eigenvalue weighted by Gasteiger charge is 1.89. The van der Waals surface area contributed by atoms with Crippen molar-refractivity contribution in [3.05, 3.63) is 24.3 Å². The molecule has 3 nitrogen and oxygen atoms in total. The Kier molecular flexibility index (Phi) is 5.70. The molecule has 0 N–H and O–H groups in total. The van der Waals surface area contributed by atoms with Crippen molar-refractivity contribution in [2.75, 3.05) is 0 Å². The lowest BCUT2D eigenvalue weighted by Gasteiger charge is -1.82. The van der Waals surface area contributed by atoms with Crippen LogP contribution in [-0.4, -0.2) is 18.4 Å². The summed E-state index contributed by atoms with van der Waals surface area (Å²) < 4.78 is 0. The lowest BCUT2D eigenvalue weighted by atomic mass is 10.2. The smallest absolute Gasteiger partial charge is 0.159 e. The first-order valence-corrected chi connectivity index (χ1v) is 3.06. The number of carbonyl (C=O) groups is 3. The van der Waals surface area contributed by atoms with Crippen molar-refractivity contribution in [3.8, 4) is 0 Å². The summed E-state index contributed by atoms with van der Waals surface area (Å²) in [6.07, 6.45) is 6.25. The van der Waals surface area contributed by atoms with Gasteiger partial charge in [-0.1, -0.05) is 6.08 Å². The van der Waals surface area contributed by atoms with E-state index in [0.717, 1.165) is 6.08 Å². The molecule has 0 aliphatic heterocycles. The summed E-state index contributed by atoms with van der Waals surface area (Å²) in [6, 6.07) is 0. The fourth-order valence-corrected chi connectivity index (χ4v) is 0.454. The van der Waals surface area contributed by atoms with E-state index < -0.39 is 0 Å². The summed E-state index contributed by atoms with van der Waals surface area (Å²) in [7, 11) is 0. The Morgan fingerprint density at radius 3 is 2.27 bits per heavy atom. The minimum atomic E-state index is -0.199. The van der Waals surface area contributed by atoms with Gasteiger partial charge in [0.25, 0.3) is 0 Å². The fraction of sp³-hybridized carbons (Fsp3) is 0.125. The Morgan fingerprint density at radius 2 is 1.73 bits per heavy atom. The molecule has 0 aliphatic carbocycles. The number of hydrogen-bond acceptors (Lipinski definition) is 3. The van der Waals surface area contributed by atoms with Gasteiger partial charge in [-0.3, -0.25) is 14.4 Å². The maximum absolute atomic E-state index is 10.7. The van der Waals surface area contributed by atoms with Gasteiger partial charge in [-0.15, -0.1) is 0 Å². The van der Waals surface area contributed by atoms with Gasteiger partial charge in [0.15, 0.2) is 5.78 Å². The standard InChI is InChI=1S/C8H8O3/c9-6-2-1-4-8(11)5-3-7-10/h1-3,5-7H,4H2.